The summed E-state index contributed by atoms with van der Waals surface area (Å²) in [7, 11) is 0. The summed E-state index contributed by atoms with van der Waals surface area (Å²) >= 11 is 0. The molecule has 0 saturated carbocycles. The molecule has 25 heavy (non-hydrogen) atoms. The molecule has 132 valence electrons. The van der Waals surface area contributed by atoms with Crippen molar-refractivity contribution in [1.29, 1.82) is 0 Å². The van der Waals surface area contributed by atoms with Gasteiger partial charge in [-0.1, -0.05) is 29.8 Å². The number of carbonyl (C=O) groups excluding carboxylic acids is 2. The zero-order valence-corrected chi connectivity index (χ0v) is 14.8. The minimum absolute atomic E-state index is 0.0885. The summed E-state index contributed by atoms with van der Waals surface area (Å²) in [5.41, 5.74) is 3.88. The van der Waals surface area contributed by atoms with Crippen molar-refractivity contribution in [2.24, 2.45) is 0 Å². The normalized spacial score (nSPS) is 10.2. The van der Waals surface area contributed by atoms with E-state index in [1.165, 1.54) is 0 Å². The second kappa shape index (κ2) is 8.87. The molecule has 1 amide bonds. The summed E-state index contributed by atoms with van der Waals surface area (Å²) in [5, 5.41) is 2.67. The molecular weight excluding hydrogens is 318 g/mol. The molecule has 0 fully saturated rings. The Morgan fingerprint density at radius 2 is 1.64 bits per heavy atom. The largest absolute Gasteiger partial charge is 0.493 e. The molecule has 0 saturated heterocycles. The molecule has 0 aliphatic rings. The van der Waals surface area contributed by atoms with Crippen LogP contribution in [-0.2, 0) is 14.3 Å². The number of hydrogen-bond acceptors (Lipinski definition) is 4. The van der Waals surface area contributed by atoms with E-state index in [4.69, 9.17) is 9.47 Å². The molecule has 0 heterocycles. The second-order valence-electron chi connectivity index (χ2n) is 5.94. The molecule has 2 aromatic carbocycles. The van der Waals surface area contributed by atoms with E-state index >= 15 is 0 Å². The van der Waals surface area contributed by atoms with E-state index in [2.05, 4.69) is 5.32 Å². The third-order valence-corrected chi connectivity index (χ3v) is 3.61. The van der Waals surface area contributed by atoms with Crippen LogP contribution in [0.3, 0.4) is 0 Å². The molecule has 2 rings (SSSR count). The van der Waals surface area contributed by atoms with Gasteiger partial charge in [0.2, 0.25) is 0 Å². The van der Waals surface area contributed by atoms with E-state index in [1.807, 2.05) is 51.1 Å². The van der Waals surface area contributed by atoms with Gasteiger partial charge in [-0.15, -0.1) is 0 Å². The van der Waals surface area contributed by atoms with E-state index in [9.17, 15) is 9.59 Å². The predicted molar refractivity (Wildman–Crippen MR) is 96.8 cm³/mol. The van der Waals surface area contributed by atoms with E-state index in [0.29, 0.717) is 5.69 Å². The maximum Gasteiger partial charge on any atom is 0.309 e. The molecule has 1 N–H and O–H groups in total. The number of benzene rings is 2. The maximum atomic E-state index is 11.8. The van der Waals surface area contributed by atoms with Gasteiger partial charge in [-0.25, -0.2) is 0 Å². The molecular formula is C20H23NO4. The van der Waals surface area contributed by atoms with Crippen molar-refractivity contribution in [3.63, 3.8) is 0 Å². The van der Waals surface area contributed by atoms with Gasteiger partial charge in [0, 0.05) is 5.69 Å². The van der Waals surface area contributed by atoms with Crippen LogP contribution in [0.2, 0.25) is 0 Å². The molecule has 0 atom stereocenters. The molecule has 0 spiro atoms. The van der Waals surface area contributed by atoms with Crippen LogP contribution in [0, 0.1) is 20.8 Å². The first-order valence-corrected chi connectivity index (χ1v) is 8.16. The highest BCUT2D eigenvalue weighted by Crippen LogP contribution is 2.19. The first-order chi connectivity index (χ1) is 11.9. The highest BCUT2D eigenvalue weighted by molar-refractivity contribution is 5.92. The Bertz CT molecular complexity index is 738. The van der Waals surface area contributed by atoms with Crippen molar-refractivity contribution in [2.45, 2.75) is 27.2 Å². The van der Waals surface area contributed by atoms with Crippen LogP contribution in [0.1, 0.15) is 23.1 Å². The molecule has 0 bridgehead atoms. The lowest BCUT2D eigenvalue weighted by molar-refractivity contribution is -0.147. The van der Waals surface area contributed by atoms with E-state index in [0.717, 1.165) is 22.4 Å². The Balaban J connectivity index is 1.69. The number of anilines is 1. The van der Waals surface area contributed by atoms with Crippen molar-refractivity contribution in [1.82, 2.24) is 0 Å². The lowest BCUT2D eigenvalue weighted by Gasteiger charge is -2.10. The topological polar surface area (TPSA) is 64.6 Å². The molecule has 0 aliphatic heterocycles. The standard InChI is InChI=1S/C20H23NO4/c1-14-5-8-17(9-6-14)21-19(22)13-25-20(23)10-11-24-18-12-15(2)4-7-16(18)3/h4-9,12H,10-11,13H2,1-3H3,(H,21,22). The number of nitrogens with one attached hydrogen (secondary N) is 1. The molecule has 0 radical (unpaired) electrons. The quantitative estimate of drug-likeness (QED) is 0.782. The number of ether oxygens (including phenoxy) is 2. The first-order valence-electron chi connectivity index (χ1n) is 8.16. The van der Waals surface area contributed by atoms with E-state index < -0.39 is 5.97 Å². The Morgan fingerprint density at radius 1 is 0.960 bits per heavy atom. The number of rotatable bonds is 7. The average Bonchev–Trinajstić information content (AvgIpc) is 2.58. The number of hydrogen-bond donors (Lipinski definition) is 1. The molecule has 5 heteroatoms. The van der Waals surface area contributed by atoms with Crippen LogP contribution in [0.4, 0.5) is 5.69 Å². The summed E-state index contributed by atoms with van der Waals surface area (Å²) in [5.74, 6) is -0.0815. The van der Waals surface area contributed by atoms with Crippen molar-refractivity contribution < 1.29 is 19.1 Å². The first kappa shape index (κ1) is 18.5. The van der Waals surface area contributed by atoms with Gasteiger partial charge in [-0.3, -0.25) is 9.59 Å². The smallest absolute Gasteiger partial charge is 0.309 e. The maximum absolute atomic E-state index is 11.8. The summed E-state index contributed by atoms with van der Waals surface area (Å²) in [6.45, 7) is 5.79. The van der Waals surface area contributed by atoms with Crippen LogP contribution in [0.15, 0.2) is 42.5 Å². The zero-order valence-electron chi connectivity index (χ0n) is 14.8. The molecule has 0 aromatic heterocycles. The highest BCUT2D eigenvalue weighted by atomic mass is 16.5. The number of esters is 1. The van der Waals surface area contributed by atoms with E-state index in [1.54, 1.807) is 12.1 Å². The predicted octanol–water partition coefficient (Wildman–Crippen LogP) is 3.56. The fourth-order valence-electron chi connectivity index (χ4n) is 2.16. The van der Waals surface area contributed by atoms with Gasteiger partial charge in [0.1, 0.15) is 5.75 Å². The monoisotopic (exact) mass is 341 g/mol. The molecule has 0 unspecified atom stereocenters. The molecule has 5 nitrogen and oxygen atoms in total. The minimum atomic E-state index is -0.468. The summed E-state index contributed by atoms with van der Waals surface area (Å²) < 4.78 is 10.6. The van der Waals surface area contributed by atoms with Crippen molar-refractivity contribution in [2.75, 3.05) is 18.5 Å². The SMILES string of the molecule is Cc1ccc(NC(=O)COC(=O)CCOc2cc(C)ccc2C)cc1. The van der Waals surface area contributed by atoms with Crippen molar-refractivity contribution >= 4 is 17.6 Å². The minimum Gasteiger partial charge on any atom is -0.493 e. The number of aryl methyl sites for hydroxylation is 3. The van der Waals surface area contributed by atoms with E-state index in [-0.39, 0.29) is 25.5 Å². The highest BCUT2D eigenvalue weighted by Gasteiger charge is 2.09. The lowest BCUT2D eigenvalue weighted by Crippen LogP contribution is -2.21. The summed E-state index contributed by atoms with van der Waals surface area (Å²) in [6, 6.07) is 13.3. The zero-order chi connectivity index (χ0) is 18.2. The van der Waals surface area contributed by atoms with Gasteiger partial charge >= 0.3 is 5.97 Å². The Morgan fingerprint density at radius 3 is 2.36 bits per heavy atom. The Hall–Kier alpha value is -2.82. The molecule has 2 aromatic rings. The van der Waals surface area contributed by atoms with Gasteiger partial charge in [0.25, 0.3) is 5.91 Å². The molecule has 0 aliphatic carbocycles. The van der Waals surface area contributed by atoms with Gasteiger partial charge in [0.15, 0.2) is 6.61 Å². The Labute approximate surface area is 148 Å². The fraction of sp³-hybridized carbons (Fsp3) is 0.300. The van der Waals surface area contributed by atoms with Gasteiger partial charge in [-0.2, -0.15) is 0 Å². The van der Waals surface area contributed by atoms with Gasteiger partial charge < -0.3 is 14.8 Å². The van der Waals surface area contributed by atoms with Crippen LogP contribution < -0.4 is 10.1 Å². The summed E-state index contributed by atoms with van der Waals surface area (Å²) in [6.07, 6.45) is 0.0885. The lowest BCUT2D eigenvalue weighted by atomic mass is 10.1. The average molecular weight is 341 g/mol. The second-order valence-corrected chi connectivity index (χ2v) is 5.94. The van der Waals surface area contributed by atoms with Gasteiger partial charge in [0.05, 0.1) is 13.0 Å². The van der Waals surface area contributed by atoms with Crippen LogP contribution >= 0.6 is 0 Å². The van der Waals surface area contributed by atoms with Crippen LogP contribution in [-0.4, -0.2) is 25.1 Å². The van der Waals surface area contributed by atoms with Crippen LogP contribution in [0.25, 0.3) is 0 Å². The fourth-order valence-corrected chi connectivity index (χ4v) is 2.16. The Kier molecular flexibility index (Phi) is 6.57. The number of carbonyl (C=O) groups is 2. The van der Waals surface area contributed by atoms with Gasteiger partial charge in [-0.05, 0) is 50.1 Å². The third-order valence-electron chi connectivity index (χ3n) is 3.61. The van der Waals surface area contributed by atoms with Crippen molar-refractivity contribution in [3.05, 3.63) is 59.2 Å². The van der Waals surface area contributed by atoms with Crippen molar-refractivity contribution in [3.8, 4) is 5.75 Å². The third kappa shape index (κ3) is 6.30. The summed E-state index contributed by atoms with van der Waals surface area (Å²) in [4.78, 5) is 23.5. The van der Waals surface area contributed by atoms with Crippen LogP contribution in [0.5, 0.6) is 5.75 Å². The number of amides is 1.